The fourth-order valence-electron chi connectivity index (χ4n) is 3.29. The van der Waals surface area contributed by atoms with Crippen LogP contribution in [0.5, 0.6) is 5.75 Å². The van der Waals surface area contributed by atoms with Crippen molar-refractivity contribution in [1.82, 2.24) is 4.90 Å². The minimum atomic E-state index is -3.77. The van der Waals surface area contributed by atoms with Crippen LogP contribution >= 0.6 is 11.3 Å². The Labute approximate surface area is 192 Å². The zero-order valence-electron chi connectivity index (χ0n) is 18.0. The first kappa shape index (κ1) is 23.9. The average molecular weight is 474 g/mol. The highest BCUT2D eigenvalue weighted by Crippen LogP contribution is 2.19. The van der Waals surface area contributed by atoms with Gasteiger partial charge in [-0.15, -0.1) is 11.3 Å². The van der Waals surface area contributed by atoms with Crippen molar-refractivity contribution >= 4 is 33.0 Å². The van der Waals surface area contributed by atoms with E-state index in [-0.39, 0.29) is 23.4 Å². The zero-order chi connectivity index (χ0) is 23.1. The Morgan fingerprint density at radius 2 is 1.81 bits per heavy atom. The number of methoxy groups -OCH3 is 1. The van der Waals surface area contributed by atoms with Crippen LogP contribution < -0.4 is 15.2 Å². The summed E-state index contributed by atoms with van der Waals surface area (Å²) < 4.78 is 28.0. The maximum Gasteiger partial charge on any atom is 0.238 e. The largest absolute Gasteiger partial charge is 0.497 e. The van der Waals surface area contributed by atoms with Crippen molar-refractivity contribution in [3.05, 3.63) is 76.5 Å². The quantitative estimate of drug-likeness (QED) is 0.469. The molecular formula is C23H27N3O4S2. The van der Waals surface area contributed by atoms with Gasteiger partial charge in [-0.3, -0.25) is 9.69 Å². The highest BCUT2D eigenvalue weighted by Gasteiger charge is 2.19. The van der Waals surface area contributed by atoms with Gasteiger partial charge in [-0.05, 0) is 66.8 Å². The molecule has 9 heteroatoms. The van der Waals surface area contributed by atoms with Gasteiger partial charge in [-0.25, -0.2) is 13.6 Å². The highest BCUT2D eigenvalue weighted by atomic mass is 32.2. The van der Waals surface area contributed by atoms with E-state index in [1.54, 1.807) is 18.4 Å². The molecular weight excluding hydrogens is 446 g/mol. The van der Waals surface area contributed by atoms with Crippen molar-refractivity contribution in [2.75, 3.05) is 19.0 Å². The lowest BCUT2D eigenvalue weighted by Gasteiger charge is -2.28. The van der Waals surface area contributed by atoms with Crippen LogP contribution in [0.4, 0.5) is 5.69 Å². The fraction of sp³-hybridized carbons (Fsp3) is 0.261. The van der Waals surface area contributed by atoms with E-state index in [4.69, 9.17) is 9.88 Å². The SMILES string of the molecule is COc1ccc(CN(CC(=O)Nc2ccc(S(N)(=O)=O)cc2)C(C)Cc2cccs2)cc1. The number of benzene rings is 2. The minimum Gasteiger partial charge on any atom is -0.497 e. The monoisotopic (exact) mass is 473 g/mol. The number of amides is 1. The maximum absolute atomic E-state index is 12.8. The molecule has 3 aromatic rings. The van der Waals surface area contributed by atoms with Gasteiger partial charge in [0, 0.05) is 23.2 Å². The molecule has 0 spiro atoms. The van der Waals surface area contributed by atoms with E-state index in [0.29, 0.717) is 12.2 Å². The van der Waals surface area contributed by atoms with Crippen molar-refractivity contribution in [3.63, 3.8) is 0 Å². The third-order valence-electron chi connectivity index (χ3n) is 5.06. The second-order valence-corrected chi connectivity index (χ2v) is 10.1. The molecule has 0 radical (unpaired) electrons. The summed E-state index contributed by atoms with van der Waals surface area (Å²) in [6.07, 6.45) is 0.837. The summed E-state index contributed by atoms with van der Waals surface area (Å²) in [7, 11) is -2.14. The first-order valence-corrected chi connectivity index (χ1v) is 12.5. The van der Waals surface area contributed by atoms with E-state index >= 15 is 0 Å². The summed E-state index contributed by atoms with van der Waals surface area (Å²) in [6.45, 7) is 2.90. The summed E-state index contributed by atoms with van der Waals surface area (Å²) in [5.41, 5.74) is 1.59. The lowest BCUT2D eigenvalue weighted by molar-refractivity contribution is -0.118. The van der Waals surface area contributed by atoms with Gasteiger partial charge in [0.05, 0.1) is 18.6 Å². The van der Waals surface area contributed by atoms with E-state index in [9.17, 15) is 13.2 Å². The Bertz CT molecular complexity index is 1110. The summed E-state index contributed by atoms with van der Waals surface area (Å²) in [6, 6.07) is 17.9. The van der Waals surface area contributed by atoms with Gasteiger partial charge < -0.3 is 10.1 Å². The molecule has 32 heavy (non-hydrogen) atoms. The number of nitrogens with two attached hydrogens (primary N) is 1. The Hall–Kier alpha value is -2.72. The lowest BCUT2D eigenvalue weighted by atomic mass is 10.1. The third kappa shape index (κ3) is 6.89. The van der Waals surface area contributed by atoms with Crippen LogP contribution in [-0.4, -0.2) is 38.9 Å². The predicted octanol–water partition coefficient (Wildman–Crippen LogP) is 3.48. The molecule has 7 nitrogen and oxygen atoms in total. The van der Waals surface area contributed by atoms with Gasteiger partial charge in [-0.1, -0.05) is 18.2 Å². The van der Waals surface area contributed by atoms with Crippen molar-refractivity contribution < 1.29 is 17.9 Å². The first-order chi connectivity index (χ1) is 15.2. The molecule has 1 aromatic heterocycles. The number of sulfonamides is 1. The molecule has 0 aliphatic rings. The molecule has 0 bridgehead atoms. The molecule has 170 valence electrons. The van der Waals surface area contributed by atoms with Gasteiger partial charge >= 0.3 is 0 Å². The van der Waals surface area contributed by atoms with Crippen LogP contribution in [0.3, 0.4) is 0 Å². The number of anilines is 1. The number of nitrogens with one attached hydrogen (secondary N) is 1. The molecule has 0 saturated carbocycles. The summed E-state index contributed by atoms with van der Waals surface area (Å²) in [4.78, 5) is 16.2. The van der Waals surface area contributed by atoms with E-state index in [0.717, 1.165) is 17.7 Å². The number of ether oxygens (including phenoxy) is 1. The maximum atomic E-state index is 12.8. The van der Waals surface area contributed by atoms with Crippen LogP contribution in [0.25, 0.3) is 0 Å². The number of hydrogen-bond donors (Lipinski definition) is 2. The van der Waals surface area contributed by atoms with Crippen LogP contribution in [0.1, 0.15) is 17.4 Å². The van der Waals surface area contributed by atoms with E-state index in [1.165, 1.54) is 29.1 Å². The molecule has 0 aliphatic carbocycles. The summed E-state index contributed by atoms with van der Waals surface area (Å²) >= 11 is 1.70. The average Bonchev–Trinajstić information content (AvgIpc) is 3.26. The number of rotatable bonds is 10. The molecule has 1 heterocycles. The van der Waals surface area contributed by atoms with E-state index in [1.807, 2.05) is 35.7 Å². The normalized spacial score (nSPS) is 12.5. The molecule has 3 N–H and O–H groups in total. The number of carbonyl (C=O) groups is 1. The smallest absolute Gasteiger partial charge is 0.238 e. The number of hydrogen-bond acceptors (Lipinski definition) is 6. The first-order valence-electron chi connectivity index (χ1n) is 10.1. The molecule has 1 amide bonds. The molecule has 3 rings (SSSR count). The second kappa shape index (κ2) is 10.7. The standard InChI is InChI=1S/C23H27N3O4S2/c1-17(14-21-4-3-13-31-21)26(15-18-5-9-20(30-2)10-6-18)16-23(27)25-19-7-11-22(12-8-19)32(24,28)29/h3-13,17H,14-16H2,1-2H3,(H,25,27)(H2,24,28,29). The molecule has 1 atom stereocenters. The van der Waals surface area contributed by atoms with Gasteiger partial charge in [-0.2, -0.15) is 0 Å². The molecule has 0 aliphatic heterocycles. The Morgan fingerprint density at radius 1 is 1.12 bits per heavy atom. The molecule has 0 fully saturated rings. The fourth-order valence-corrected chi connectivity index (χ4v) is 4.64. The van der Waals surface area contributed by atoms with Crippen LogP contribution in [-0.2, 0) is 27.8 Å². The van der Waals surface area contributed by atoms with Gasteiger partial charge in [0.2, 0.25) is 15.9 Å². The summed E-state index contributed by atoms with van der Waals surface area (Å²) in [5.74, 6) is 0.604. The zero-order valence-corrected chi connectivity index (χ0v) is 19.7. The number of thiophene rings is 1. The lowest BCUT2D eigenvalue weighted by Crippen LogP contribution is -2.40. The van der Waals surface area contributed by atoms with Crippen LogP contribution in [0.15, 0.2) is 70.9 Å². The number of nitrogens with zero attached hydrogens (tertiary/aromatic N) is 1. The van der Waals surface area contributed by atoms with Gasteiger partial charge in [0.15, 0.2) is 0 Å². The molecule has 2 aromatic carbocycles. The Balaban J connectivity index is 1.70. The van der Waals surface area contributed by atoms with Crippen LogP contribution in [0.2, 0.25) is 0 Å². The van der Waals surface area contributed by atoms with E-state index in [2.05, 4.69) is 23.2 Å². The van der Waals surface area contributed by atoms with E-state index < -0.39 is 10.0 Å². The number of primary sulfonamides is 1. The predicted molar refractivity (Wildman–Crippen MR) is 127 cm³/mol. The number of carbonyl (C=O) groups excluding carboxylic acids is 1. The highest BCUT2D eigenvalue weighted by molar-refractivity contribution is 7.89. The van der Waals surface area contributed by atoms with Crippen molar-refractivity contribution in [2.45, 2.75) is 30.8 Å². The minimum absolute atomic E-state index is 0.00111. The van der Waals surface area contributed by atoms with Gasteiger partial charge in [0.1, 0.15) is 5.75 Å². The molecule has 0 saturated heterocycles. The summed E-state index contributed by atoms with van der Waals surface area (Å²) in [5, 5.41) is 10.0. The second-order valence-electron chi connectivity index (χ2n) is 7.50. The topological polar surface area (TPSA) is 102 Å². The van der Waals surface area contributed by atoms with Gasteiger partial charge in [0.25, 0.3) is 0 Å². The van der Waals surface area contributed by atoms with Crippen LogP contribution in [0, 0.1) is 0 Å². The third-order valence-corrected chi connectivity index (χ3v) is 6.89. The van der Waals surface area contributed by atoms with Crippen molar-refractivity contribution in [3.8, 4) is 5.75 Å². The van der Waals surface area contributed by atoms with Crippen molar-refractivity contribution in [1.29, 1.82) is 0 Å². The Morgan fingerprint density at radius 3 is 2.38 bits per heavy atom. The Kier molecular flexibility index (Phi) is 8.03. The van der Waals surface area contributed by atoms with Crippen molar-refractivity contribution in [2.24, 2.45) is 5.14 Å². The molecule has 1 unspecified atom stereocenters.